The first kappa shape index (κ1) is 13.8. The lowest BCUT2D eigenvalue weighted by Gasteiger charge is -2.27. The maximum Gasteiger partial charge on any atom is 0.128 e. The zero-order chi connectivity index (χ0) is 14.0. The Labute approximate surface area is 114 Å². The average molecular weight is 257 g/mol. The van der Waals surface area contributed by atoms with Gasteiger partial charge in [-0.25, -0.2) is 4.39 Å². The highest BCUT2D eigenvalue weighted by molar-refractivity contribution is 5.35. The van der Waals surface area contributed by atoms with Crippen LogP contribution in [0.15, 0.2) is 42.5 Å². The molecule has 0 aliphatic carbocycles. The van der Waals surface area contributed by atoms with E-state index in [0.717, 1.165) is 0 Å². The van der Waals surface area contributed by atoms with E-state index in [1.54, 1.807) is 12.1 Å². The molecule has 2 rings (SSSR count). The zero-order valence-electron chi connectivity index (χ0n) is 11.7. The van der Waals surface area contributed by atoms with Crippen LogP contribution >= 0.6 is 0 Å². The lowest BCUT2D eigenvalue weighted by Crippen LogP contribution is -2.36. The van der Waals surface area contributed by atoms with E-state index in [1.165, 1.54) is 22.8 Å². The molecule has 0 spiro atoms. The first-order chi connectivity index (χ1) is 8.90. The number of benzene rings is 2. The molecular formula is C17H20FN. The van der Waals surface area contributed by atoms with Crippen molar-refractivity contribution >= 4 is 0 Å². The van der Waals surface area contributed by atoms with Crippen molar-refractivity contribution < 1.29 is 4.39 Å². The summed E-state index contributed by atoms with van der Waals surface area (Å²) < 4.78 is 13.9. The molecule has 0 aliphatic rings. The fourth-order valence-electron chi connectivity index (χ4n) is 2.41. The van der Waals surface area contributed by atoms with Crippen LogP contribution in [0.5, 0.6) is 0 Å². The van der Waals surface area contributed by atoms with Crippen molar-refractivity contribution in [2.45, 2.75) is 32.7 Å². The SMILES string of the molecule is Cc1ccc(C)c(CC(C)(N)c2ccccc2F)c1. The van der Waals surface area contributed by atoms with Crippen LogP contribution in [0.2, 0.25) is 0 Å². The second-order valence-electron chi connectivity index (χ2n) is 5.50. The number of rotatable bonds is 3. The molecule has 1 unspecified atom stereocenters. The summed E-state index contributed by atoms with van der Waals surface area (Å²) in [5.41, 5.74) is 9.78. The Morgan fingerprint density at radius 2 is 1.79 bits per heavy atom. The fourth-order valence-corrected chi connectivity index (χ4v) is 2.41. The zero-order valence-corrected chi connectivity index (χ0v) is 11.7. The van der Waals surface area contributed by atoms with E-state index in [9.17, 15) is 4.39 Å². The lowest BCUT2D eigenvalue weighted by atomic mass is 9.84. The largest absolute Gasteiger partial charge is 0.321 e. The molecule has 2 heteroatoms. The number of hydrogen-bond donors (Lipinski definition) is 1. The molecule has 0 aromatic heterocycles. The predicted molar refractivity (Wildman–Crippen MR) is 77.6 cm³/mol. The van der Waals surface area contributed by atoms with Crippen LogP contribution < -0.4 is 5.73 Å². The first-order valence-corrected chi connectivity index (χ1v) is 6.50. The third-order valence-electron chi connectivity index (χ3n) is 3.55. The normalized spacial score (nSPS) is 14.2. The number of nitrogens with two attached hydrogens (primary N) is 1. The molecule has 100 valence electrons. The average Bonchev–Trinajstić information content (AvgIpc) is 2.34. The van der Waals surface area contributed by atoms with E-state index in [4.69, 9.17) is 5.73 Å². The molecule has 0 heterocycles. The number of aryl methyl sites for hydroxylation is 2. The van der Waals surface area contributed by atoms with Crippen LogP contribution in [0.25, 0.3) is 0 Å². The molecule has 0 bridgehead atoms. The highest BCUT2D eigenvalue weighted by atomic mass is 19.1. The van der Waals surface area contributed by atoms with Crippen molar-refractivity contribution in [2.24, 2.45) is 5.73 Å². The van der Waals surface area contributed by atoms with Gasteiger partial charge < -0.3 is 5.73 Å². The van der Waals surface area contributed by atoms with Gasteiger partial charge in [-0.1, -0.05) is 42.0 Å². The summed E-state index contributed by atoms with van der Waals surface area (Å²) >= 11 is 0. The van der Waals surface area contributed by atoms with Gasteiger partial charge in [0.2, 0.25) is 0 Å². The second kappa shape index (κ2) is 5.14. The fraction of sp³-hybridized carbons (Fsp3) is 0.294. The number of halogens is 1. The predicted octanol–water partition coefficient (Wildman–Crippen LogP) is 3.86. The molecule has 0 radical (unpaired) electrons. The van der Waals surface area contributed by atoms with Gasteiger partial charge in [0.1, 0.15) is 5.82 Å². The Bertz CT molecular complexity index is 588. The van der Waals surface area contributed by atoms with E-state index in [1.807, 2.05) is 13.0 Å². The van der Waals surface area contributed by atoms with Gasteiger partial charge in [0.15, 0.2) is 0 Å². The summed E-state index contributed by atoms with van der Waals surface area (Å²) in [6.07, 6.45) is 0.626. The van der Waals surface area contributed by atoms with Gasteiger partial charge in [0.25, 0.3) is 0 Å². The molecule has 0 amide bonds. The Balaban J connectivity index is 2.36. The Kier molecular flexibility index (Phi) is 3.72. The monoisotopic (exact) mass is 257 g/mol. The van der Waals surface area contributed by atoms with Crippen LogP contribution in [0.3, 0.4) is 0 Å². The maximum absolute atomic E-state index is 13.9. The summed E-state index contributed by atoms with van der Waals surface area (Å²) in [6.45, 7) is 6.00. The van der Waals surface area contributed by atoms with E-state index in [2.05, 4.69) is 32.0 Å². The summed E-state index contributed by atoms with van der Waals surface area (Å²) in [5.74, 6) is -0.238. The molecule has 2 aromatic carbocycles. The van der Waals surface area contributed by atoms with Crippen LogP contribution in [-0.4, -0.2) is 0 Å². The van der Waals surface area contributed by atoms with Gasteiger partial charge in [-0.3, -0.25) is 0 Å². The van der Waals surface area contributed by atoms with E-state index < -0.39 is 5.54 Å². The molecule has 1 atom stereocenters. The van der Waals surface area contributed by atoms with Gasteiger partial charge in [-0.15, -0.1) is 0 Å². The molecule has 19 heavy (non-hydrogen) atoms. The third kappa shape index (κ3) is 3.02. The summed E-state index contributed by atoms with van der Waals surface area (Å²) in [5, 5.41) is 0. The first-order valence-electron chi connectivity index (χ1n) is 6.50. The van der Waals surface area contributed by atoms with Gasteiger partial charge in [-0.2, -0.15) is 0 Å². The standard InChI is InChI=1S/C17H20FN/c1-12-8-9-13(2)14(10-12)11-17(3,19)15-6-4-5-7-16(15)18/h4-10H,11,19H2,1-3H3. The minimum absolute atomic E-state index is 0.238. The Morgan fingerprint density at radius 3 is 2.47 bits per heavy atom. The van der Waals surface area contributed by atoms with Crippen molar-refractivity contribution in [1.29, 1.82) is 0 Å². The van der Waals surface area contributed by atoms with E-state index in [0.29, 0.717) is 12.0 Å². The minimum atomic E-state index is -0.704. The summed E-state index contributed by atoms with van der Waals surface area (Å²) in [6, 6.07) is 13.0. The molecule has 0 saturated heterocycles. The summed E-state index contributed by atoms with van der Waals surface area (Å²) in [7, 11) is 0. The third-order valence-corrected chi connectivity index (χ3v) is 3.55. The van der Waals surface area contributed by atoms with Crippen LogP contribution in [0.4, 0.5) is 4.39 Å². The lowest BCUT2D eigenvalue weighted by molar-refractivity contribution is 0.456. The van der Waals surface area contributed by atoms with Crippen LogP contribution in [0, 0.1) is 19.7 Å². The summed E-state index contributed by atoms with van der Waals surface area (Å²) in [4.78, 5) is 0. The van der Waals surface area contributed by atoms with E-state index in [-0.39, 0.29) is 5.82 Å². The Hall–Kier alpha value is -1.67. The minimum Gasteiger partial charge on any atom is -0.321 e. The maximum atomic E-state index is 13.9. The Morgan fingerprint density at radius 1 is 1.11 bits per heavy atom. The molecular weight excluding hydrogens is 237 g/mol. The van der Waals surface area contributed by atoms with Crippen LogP contribution in [0.1, 0.15) is 29.2 Å². The second-order valence-corrected chi connectivity index (χ2v) is 5.50. The molecule has 2 aromatic rings. The van der Waals surface area contributed by atoms with Crippen molar-refractivity contribution in [2.75, 3.05) is 0 Å². The van der Waals surface area contributed by atoms with Gasteiger partial charge in [0.05, 0.1) is 0 Å². The van der Waals surface area contributed by atoms with Gasteiger partial charge in [0, 0.05) is 11.1 Å². The molecule has 2 N–H and O–H groups in total. The van der Waals surface area contributed by atoms with Gasteiger partial charge in [-0.05, 0) is 44.4 Å². The highest BCUT2D eigenvalue weighted by Crippen LogP contribution is 2.26. The topological polar surface area (TPSA) is 26.0 Å². The number of hydrogen-bond acceptors (Lipinski definition) is 1. The van der Waals surface area contributed by atoms with Crippen molar-refractivity contribution in [1.82, 2.24) is 0 Å². The quantitative estimate of drug-likeness (QED) is 0.887. The smallest absolute Gasteiger partial charge is 0.128 e. The van der Waals surface area contributed by atoms with Crippen LogP contribution in [-0.2, 0) is 12.0 Å². The van der Waals surface area contributed by atoms with E-state index >= 15 is 0 Å². The molecule has 1 nitrogen and oxygen atoms in total. The highest BCUT2D eigenvalue weighted by Gasteiger charge is 2.25. The van der Waals surface area contributed by atoms with Crippen molar-refractivity contribution in [3.05, 3.63) is 70.5 Å². The molecule has 0 fully saturated rings. The van der Waals surface area contributed by atoms with Gasteiger partial charge >= 0.3 is 0 Å². The van der Waals surface area contributed by atoms with Crippen molar-refractivity contribution in [3.63, 3.8) is 0 Å². The molecule has 0 aliphatic heterocycles. The molecule has 0 saturated carbocycles. The van der Waals surface area contributed by atoms with Crippen molar-refractivity contribution in [3.8, 4) is 0 Å².